The van der Waals surface area contributed by atoms with E-state index < -0.39 is 0 Å². The molecule has 4 heteroatoms. The first kappa shape index (κ1) is 11.7. The number of hydrogen-bond acceptors (Lipinski definition) is 3. The van der Waals surface area contributed by atoms with Crippen LogP contribution in [-0.2, 0) is 9.31 Å². The van der Waals surface area contributed by atoms with Crippen LogP contribution in [0.3, 0.4) is 0 Å². The van der Waals surface area contributed by atoms with E-state index in [1.54, 1.807) is 0 Å². The molecule has 0 aliphatic carbocycles. The minimum absolute atomic E-state index is 0.263. The van der Waals surface area contributed by atoms with Crippen LogP contribution in [0.25, 0.3) is 0 Å². The summed E-state index contributed by atoms with van der Waals surface area (Å²) in [6, 6.07) is 0. The summed E-state index contributed by atoms with van der Waals surface area (Å²) in [5, 5.41) is 0. The fraction of sp³-hybridized carbons (Fsp3) is 0.667. The molecule has 2 heterocycles. The van der Waals surface area contributed by atoms with Gasteiger partial charge < -0.3 is 14.1 Å². The second-order valence-electron chi connectivity index (χ2n) is 5.59. The van der Waals surface area contributed by atoms with Crippen molar-refractivity contribution in [3.63, 3.8) is 0 Å². The van der Waals surface area contributed by atoms with E-state index in [0.29, 0.717) is 0 Å². The molecule has 0 unspecified atom stereocenters. The van der Waals surface area contributed by atoms with Crippen LogP contribution in [0.5, 0.6) is 0 Å². The fourth-order valence-electron chi connectivity index (χ4n) is 1.80. The number of allylic oxidation sites excluding steroid dienone is 2. The monoisotopic (exact) mass is 221 g/mol. The quantitative estimate of drug-likeness (QED) is 0.634. The van der Waals surface area contributed by atoms with Crippen LogP contribution >= 0.6 is 0 Å². The van der Waals surface area contributed by atoms with Crippen molar-refractivity contribution in [2.24, 2.45) is 0 Å². The molecule has 0 N–H and O–H groups in total. The molecule has 88 valence electrons. The first-order chi connectivity index (χ1) is 7.32. The maximum Gasteiger partial charge on any atom is 0.594 e. The minimum atomic E-state index is -0.273. The highest BCUT2D eigenvalue weighted by Gasteiger charge is 2.53. The van der Waals surface area contributed by atoms with E-state index in [9.17, 15) is 0 Å². The Morgan fingerprint density at radius 1 is 1.19 bits per heavy atom. The highest BCUT2D eigenvalue weighted by molar-refractivity contribution is 6.42. The lowest BCUT2D eigenvalue weighted by Crippen LogP contribution is -2.41. The van der Waals surface area contributed by atoms with Gasteiger partial charge in [0.2, 0.25) is 0 Å². The molecule has 16 heavy (non-hydrogen) atoms. The van der Waals surface area contributed by atoms with Gasteiger partial charge in [-0.05, 0) is 46.9 Å². The Bertz CT molecular complexity index is 331. The van der Waals surface area contributed by atoms with Crippen LogP contribution in [0, 0.1) is 0 Å². The Morgan fingerprint density at radius 2 is 1.75 bits per heavy atom. The second kappa shape index (κ2) is 3.64. The van der Waals surface area contributed by atoms with E-state index in [4.69, 9.17) is 9.31 Å². The maximum atomic E-state index is 5.98. The minimum Gasteiger partial charge on any atom is -0.384 e. The SMILES string of the molecule is CC1=CC=CN(B2OC(C)(C)C(C)(C)O2)C1. The summed E-state index contributed by atoms with van der Waals surface area (Å²) in [5.74, 6) is 0. The van der Waals surface area contributed by atoms with Gasteiger partial charge in [0, 0.05) is 6.54 Å². The summed E-state index contributed by atoms with van der Waals surface area (Å²) >= 11 is 0. The van der Waals surface area contributed by atoms with E-state index >= 15 is 0 Å². The third-order valence-electron chi connectivity index (χ3n) is 3.60. The molecule has 0 spiro atoms. The van der Waals surface area contributed by atoms with Crippen molar-refractivity contribution in [1.82, 2.24) is 4.81 Å². The van der Waals surface area contributed by atoms with Crippen LogP contribution in [0.2, 0.25) is 0 Å². The molecular weight excluding hydrogens is 201 g/mol. The zero-order chi connectivity index (χ0) is 12.0. The lowest BCUT2D eigenvalue weighted by Gasteiger charge is -2.32. The lowest BCUT2D eigenvalue weighted by molar-refractivity contribution is 0.00578. The predicted octanol–water partition coefficient (Wildman–Crippen LogP) is 2.35. The summed E-state index contributed by atoms with van der Waals surface area (Å²) in [6.45, 7) is 11.3. The van der Waals surface area contributed by atoms with Crippen molar-refractivity contribution in [2.75, 3.05) is 6.54 Å². The number of rotatable bonds is 1. The Kier molecular flexibility index (Phi) is 2.67. The Balaban J connectivity index is 2.10. The van der Waals surface area contributed by atoms with Gasteiger partial charge in [0.25, 0.3) is 0 Å². The molecule has 0 aromatic rings. The highest BCUT2D eigenvalue weighted by Crippen LogP contribution is 2.37. The molecule has 0 atom stereocenters. The molecular formula is C12H20BNO2. The summed E-state index contributed by atoms with van der Waals surface area (Å²) in [7, 11) is -0.273. The molecule has 0 amide bonds. The summed E-state index contributed by atoms with van der Waals surface area (Å²) in [4.78, 5) is 2.09. The Morgan fingerprint density at radius 3 is 2.25 bits per heavy atom. The second-order valence-corrected chi connectivity index (χ2v) is 5.59. The van der Waals surface area contributed by atoms with Gasteiger partial charge in [-0.2, -0.15) is 0 Å². The van der Waals surface area contributed by atoms with E-state index in [1.807, 2.05) is 12.3 Å². The molecule has 0 bridgehead atoms. The molecule has 0 radical (unpaired) electrons. The van der Waals surface area contributed by atoms with E-state index in [-0.39, 0.29) is 18.5 Å². The van der Waals surface area contributed by atoms with Crippen molar-refractivity contribution in [2.45, 2.75) is 45.8 Å². The van der Waals surface area contributed by atoms with E-state index in [1.165, 1.54) is 5.57 Å². The average molecular weight is 221 g/mol. The molecule has 0 aromatic heterocycles. The Labute approximate surface area is 98.3 Å². The van der Waals surface area contributed by atoms with Crippen molar-refractivity contribution in [3.8, 4) is 0 Å². The van der Waals surface area contributed by atoms with Gasteiger partial charge >= 0.3 is 7.25 Å². The van der Waals surface area contributed by atoms with Crippen molar-refractivity contribution >= 4 is 7.25 Å². The molecule has 2 aliphatic rings. The molecule has 2 rings (SSSR count). The predicted molar refractivity (Wildman–Crippen MR) is 65.7 cm³/mol. The van der Waals surface area contributed by atoms with E-state index in [2.05, 4.69) is 45.5 Å². The van der Waals surface area contributed by atoms with Crippen LogP contribution in [0.4, 0.5) is 0 Å². The van der Waals surface area contributed by atoms with Gasteiger partial charge in [-0.25, -0.2) is 0 Å². The van der Waals surface area contributed by atoms with Crippen molar-refractivity contribution in [3.05, 3.63) is 23.9 Å². The molecule has 1 fully saturated rings. The van der Waals surface area contributed by atoms with Crippen LogP contribution in [-0.4, -0.2) is 29.8 Å². The van der Waals surface area contributed by atoms with Gasteiger partial charge in [0.1, 0.15) is 0 Å². The zero-order valence-corrected chi connectivity index (χ0v) is 10.8. The molecule has 1 saturated heterocycles. The summed E-state index contributed by atoms with van der Waals surface area (Å²) in [6.07, 6.45) is 6.17. The zero-order valence-electron chi connectivity index (χ0n) is 10.8. The van der Waals surface area contributed by atoms with Crippen LogP contribution < -0.4 is 0 Å². The van der Waals surface area contributed by atoms with Crippen LogP contribution in [0.1, 0.15) is 34.6 Å². The fourth-order valence-corrected chi connectivity index (χ4v) is 1.80. The third-order valence-corrected chi connectivity index (χ3v) is 3.60. The normalized spacial score (nSPS) is 27.2. The van der Waals surface area contributed by atoms with Crippen molar-refractivity contribution in [1.29, 1.82) is 0 Å². The number of nitrogens with zero attached hydrogens (tertiary/aromatic N) is 1. The Hall–Kier alpha value is -0.735. The first-order valence-corrected chi connectivity index (χ1v) is 5.77. The standard InChI is InChI=1S/C12H20BNO2/c1-10-7-6-8-14(9-10)13-15-11(2,3)12(4,5)16-13/h6-8H,9H2,1-5H3. The van der Waals surface area contributed by atoms with Gasteiger partial charge in [-0.1, -0.05) is 11.6 Å². The van der Waals surface area contributed by atoms with Gasteiger partial charge in [-0.3, -0.25) is 0 Å². The van der Waals surface area contributed by atoms with Crippen molar-refractivity contribution < 1.29 is 9.31 Å². The summed E-state index contributed by atoms with van der Waals surface area (Å²) < 4.78 is 12.0. The van der Waals surface area contributed by atoms with E-state index in [0.717, 1.165) is 6.54 Å². The highest BCUT2D eigenvalue weighted by atomic mass is 16.7. The largest absolute Gasteiger partial charge is 0.594 e. The maximum absolute atomic E-state index is 5.98. The topological polar surface area (TPSA) is 21.7 Å². The summed E-state index contributed by atoms with van der Waals surface area (Å²) in [5.41, 5.74) is 0.790. The molecule has 0 aromatic carbocycles. The molecule has 0 saturated carbocycles. The van der Waals surface area contributed by atoms with Crippen LogP contribution in [0.15, 0.2) is 23.9 Å². The lowest BCUT2D eigenvalue weighted by atomic mass is 9.90. The molecule has 3 nitrogen and oxygen atoms in total. The third kappa shape index (κ3) is 1.92. The molecule has 2 aliphatic heterocycles. The first-order valence-electron chi connectivity index (χ1n) is 5.77. The smallest absolute Gasteiger partial charge is 0.384 e. The van der Waals surface area contributed by atoms with Gasteiger partial charge in [-0.15, -0.1) is 0 Å². The van der Waals surface area contributed by atoms with Gasteiger partial charge in [0.15, 0.2) is 0 Å². The van der Waals surface area contributed by atoms with Gasteiger partial charge in [0.05, 0.1) is 11.2 Å². The average Bonchev–Trinajstić information content (AvgIpc) is 2.36. The number of hydrogen-bond donors (Lipinski definition) is 0.